The minimum Gasteiger partial charge on any atom is -0.363 e. The van der Waals surface area contributed by atoms with Crippen LogP contribution in [0.25, 0.3) is 0 Å². The molecule has 0 radical (unpaired) electrons. The van der Waals surface area contributed by atoms with E-state index < -0.39 is 0 Å². The van der Waals surface area contributed by atoms with E-state index in [1.807, 2.05) is 4.90 Å². The van der Waals surface area contributed by atoms with Crippen molar-refractivity contribution in [1.29, 1.82) is 0 Å². The summed E-state index contributed by atoms with van der Waals surface area (Å²) in [4.78, 5) is 12.7. The number of halogens is 1. The van der Waals surface area contributed by atoms with Gasteiger partial charge in [-0.15, -0.1) is 0 Å². The topological polar surface area (TPSA) is 72.4 Å². The molecule has 0 bridgehead atoms. The molecule has 98 valence electrons. The third-order valence-corrected chi connectivity index (χ3v) is 3.67. The lowest BCUT2D eigenvalue weighted by molar-refractivity contribution is -0.384. The van der Waals surface area contributed by atoms with Gasteiger partial charge in [0.25, 0.3) is 5.69 Å². The molecule has 0 amide bonds. The average Bonchev–Trinajstić information content (AvgIpc) is 2.70. The van der Waals surface area contributed by atoms with Crippen LogP contribution < -0.4 is 10.6 Å². The molecule has 0 aliphatic carbocycles. The summed E-state index contributed by atoms with van der Waals surface area (Å²) in [5.74, 6) is 0.388. The molecule has 0 spiro atoms. The first-order valence-corrected chi connectivity index (χ1v) is 6.31. The molecule has 1 aromatic carbocycles. The molecule has 18 heavy (non-hydrogen) atoms. The quantitative estimate of drug-likeness (QED) is 0.676. The zero-order valence-electron chi connectivity index (χ0n) is 10.2. The van der Waals surface area contributed by atoms with Crippen LogP contribution in [0.3, 0.4) is 0 Å². The Bertz CT molecular complexity index is 467. The van der Waals surface area contributed by atoms with Gasteiger partial charge in [-0.3, -0.25) is 10.1 Å². The number of nitrogens with zero attached hydrogens (tertiary/aromatic N) is 2. The van der Waals surface area contributed by atoms with Crippen LogP contribution in [-0.2, 0) is 0 Å². The van der Waals surface area contributed by atoms with Crippen molar-refractivity contribution in [3.8, 4) is 0 Å². The maximum atomic E-state index is 11.1. The van der Waals surface area contributed by atoms with Gasteiger partial charge in [0.05, 0.1) is 4.92 Å². The number of nitro benzene ring substituents is 1. The Hall–Kier alpha value is -1.33. The molecule has 1 aliphatic rings. The molecule has 2 N–H and O–H groups in total. The Balaban J connectivity index is 2.38. The lowest BCUT2D eigenvalue weighted by Crippen LogP contribution is -2.28. The molecular weight excluding hydrogens is 254 g/mol. The molecule has 2 atom stereocenters. The first kappa shape index (κ1) is 13.1. The van der Waals surface area contributed by atoms with E-state index in [1.54, 1.807) is 12.1 Å². The standard InChI is InChI=1S/C12H16ClN3O2/c1-8-4-9(6-14)7-15(8)12-5-10(13)2-3-11(12)16(17)18/h2-3,5,8-9H,4,6-7,14H2,1H3. The highest BCUT2D eigenvalue weighted by molar-refractivity contribution is 6.31. The van der Waals surface area contributed by atoms with Crippen LogP contribution >= 0.6 is 11.6 Å². The summed E-state index contributed by atoms with van der Waals surface area (Å²) in [6.45, 7) is 3.41. The number of anilines is 1. The normalized spacial score (nSPS) is 23.4. The van der Waals surface area contributed by atoms with Crippen molar-refractivity contribution < 1.29 is 4.92 Å². The number of hydrogen-bond acceptors (Lipinski definition) is 4. The van der Waals surface area contributed by atoms with E-state index in [0.29, 0.717) is 23.2 Å². The number of rotatable bonds is 3. The SMILES string of the molecule is CC1CC(CN)CN1c1cc(Cl)ccc1[N+](=O)[O-]. The molecular formula is C12H16ClN3O2. The van der Waals surface area contributed by atoms with Gasteiger partial charge in [-0.05, 0) is 37.9 Å². The fourth-order valence-corrected chi connectivity index (χ4v) is 2.70. The van der Waals surface area contributed by atoms with Crippen LogP contribution in [0.2, 0.25) is 5.02 Å². The third-order valence-electron chi connectivity index (χ3n) is 3.44. The molecule has 5 nitrogen and oxygen atoms in total. The van der Waals surface area contributed by atoms with Crippen molar-refractivity contribution in [1.82, 2.24) is 0 Å². The summed E-state index contributed by atoms with van der Waals surface area (Å²) < 4.78 is 0. The number of nitrogens with two attached hydrogens (primary N) is 1. The zero-order valence-corrected chi connectivity index (χ0v) is 10.9. The van der Waals surface area contributed by atoms with Gasteiger partial charge in [-0.25, -0.2) is 0 Å². The van der Waals surface area contributed by atoms with Crippen molar-refractivity contribution >= 4 is 23.0 Å². The van der Waals surface area contributed by atoms with Gasteiger partial charge in [0.1, 0.15) is 5.69 Å². The lowest BCUT2D eigenvalue weighted by Gasteiger charge is -2.23. The number of hydrogen-bond donors (Lipinski definition) is 1. The van der Waals surface area contributed by atoms with E-state index in [-0.39, 0.29) is 16.7 Å². The summed E-state index contributed by atoms with van der Waals surface area (Å²) in [6, 6.07) is 4.91. The van der Waals surface area contributed by atoms with E-state index in [4.69, 9.17) is 17.3 Å². The fraction of sp³-hybridized carbons (Fsp3) is 0.500. The lowest BCUT2D eigenvalue weighted by atomic mass is 10.1. The van der Waals surface area contributed by atoms with Gasteiger partial charge >= 0.3 is 0 Å². The highest BCUT2D eigenvalue weighted by Crippen LogP contribution is 2.36. The van der Waals surface area contributed by atoms with Crippen LogP contribution in [-0.4, -0.2) is 24.1 Å². The molecule has 0 aromatic heterocycles. The Morgan fingerprint density at radius 1 is 1.61 bits per heavy atom. The van der Waals surface area contributed by atoms with E-state index in [0.717, 1.165) is 13.0 Å². The van der Waals surface area contributed by atoms with Crippen LogP contribution in [0.1, 0.15) is 13.3 Å². The predicted molar refractivity (Wildman–Crippen MR) is 72.1 cm³/mol. The Labute approximate surface area is 111 Å². The van der Waals surface area contributed by atoms with Crippen molar-refractivity contribution in [2.45, 2.75) is 19.4 Å². The number of nitro groups is 1. The predicted octanol–water partition coefficient (Wildman–Crippen LogP) is 2.42. The minimum absolute atomic E-state index is 0.101. The molecule has 1 aliphatic heterocycles. The Morgan fingerprint density at radius 3 is 2.89 bits per heavy atom. The smallest absolute Gasteiger partial charge is 0.292 e. The molecule has 2 rings (SSSR count). The summed E-state index contributed by atoms with van der Waals surface area (Å²) in [5, 5.41) is 11.6. The second kappa shape index (κ2) is 5.12. The molecule has 6 heteroatoms. The van der Waals surface area contributed by atoms with E-state index in [1.165, 1.54) is 6.07 Å². The second-order valence-electron chi connectivity index (χ2n) is 4.73. The van der Waals surface area contributed by atoms with Gasteiger partial charge < -0.3 is 10.6 Å². The summed E-state index contributed by atoms with van der Waals surface area (Å²) in [6.07, 6.45) is 0.958. The highest BCUT2D eigenvalue weighted by atomic mass is 35.5. The Kier molecular flexibility index (Phi) is 3.73. The maximum Gasteiger partial charge on any atom is 0.292 e. The summed E-state index contributed by atoms with van der Waals surface area (Å²) in [5.41, 5.74) is 6.37. The number of benzene rings is 1. The van der Waals surface area contributed by atoms with Crippen LogP contribution in [0, 0.1) is 16.0 Å². The Morgan fingerprint density at radius 2 is 2.33 bits per heavy atom. The first-order chi connectivity index (χ1) is 8.52. The van der Waals surface area contributed by atoms with Gasteiger partial charge in [-0.1, -0.05) is 11.6 Å². The summed E-state index contributed by atoms with van der Waals surface area (Å²) in [7, 11) is 0. The van der Waals surface area contributed by atoms with E-state index >= 15 is 0 Å². The molecule has 1 fully saturated rings. The van der Waals surface area contributed by atoms with Crippen LogP contribution in [0.4, 0.5) is 11.4 Å². The first-order valence-electron chi connectivity index (χ1n) is 5.93. The summed E-state index contributed by atoms with van der Waals surface area (Å²) >= 11 is 5.94. The third kappa shape index (κ3) is 2.42. The van der Waals surface area contributed by atoms with E-state index in [9.17, 15) is 10.1 Å². The molecule has 1 saturated heterocycles. The second-order valence-corrected chi connectivity index (χ2v) is 5.17. The maximum absolute atomic E-state index is 11.1. The fourth-order valence-electron chi connectivity index (χ4n) is 2.53. The average molecular weight is 270 g/mol. The van der Waals surface area contributed by atoms with Gasteiger partial charge in [0.2, 0.25) is 0 Å². The van der Waals surface area contributed by atoms with Crippen molar-refractivity contribution in [3.05, 3.63) is 33.3 Å². The molecule has 1 aromatic rings. The molecule has 2 unspecified atom stereocenters. The van der Waals surface area contributed by atoms with Crippen LogP contribution in [0.5, 0.6) is 0 Å². The molecule has 0 saturated carbocycles. The van der Waals surface area contributed by atoms with Crippen molar-refractivity contribution in [3.63, 3.8) is 0 Å². The van der Waals surface area contributed by atoms with Crippen LogP contribution in [0.15, 0.2) is 18.2 Å². The largest absolute Gasteiger partial charge is 0.363 e. The van der Waals surface area contributed by atoms with Crippen molar-refractivity contribution in [2.75, 3.05) is 18.0 Å². The highest BCUT2D eigenvalue weighted by Gasteiger charge is 2.32. The zero-order chi connectivity index (χ0) is 13.3. The van der Waals surface area contributed by atoms with Gasteiger partial charge in [0.15, 0.2) is 0 Å². The van der Waals surface area contributed by atoms with E-state index in [2.05, 4.69) is 6.92 Å². The molecule has 1 heterocycles. The van der Waals surface area contributed by atoms with Crippen molar-refractivity contribution in [2.24, 2.45) is 11.7 Å². The van der Waals surface area contributed by atoms with Gasteiger partial charge in [-0.2, -0.15) is 0 Å². The monoisotopic (exact) mass is 269 g/mol. The minimum atomic E-state index is -0.367. The van der Waals surface area contributed by atoms with Gasteiger partial charge in [0, 0.05) is 23.7 Å².